The number of anilines is 1. The van der Waals surface area contributed by atoms with Gasteiger partial charge in [-0.05, 0) is 41.5 Å². The summed E-state index contributed by atoms with van der Waals surface area (Å²) in [6.07, 6.45) is 7.90. The Hall–Kier alpha value is -3.67. The Kier molecular flexibility index (Phi) is 4.21. The second kappa shape index (κ2) is 7.15. The fourth-order valence-corrected chi connectivity index (χ4v) is 3.38. The highest BCUT2D eigenvalue weighted by Gasteiger charge is 2.22. The number of nitrogens with one attached hydrogen (secondary N) is 1. The first-order valence-corrected chi connectivity index (χ1v) is 9.16. The van der Waals surface area contributed by atoms with Crippen molar-refractivity contribution in [1.29, 1.82) is 0 Å². The van der Waals surface area contributed by atoms with Crippen LogP contribution in [0.15, 0.2) is 77.8 Å². The number of nitrogens with zero attached hydrogens (tertiary/aromatic N) is 3. The maximum atomic E-state index is 5.98. The summed E-state index contributed by atoms with van der Waals surface area (Å²) in [6.45, 7) is 0.626. The van der Waals surface area contributed by atoms with Gasteiger partial charge in [-0.25, -0.2) is 9.97 Å². The predicted molar refractivity (Wildman–Crippen MR) is 106 cm³/mol. The average molecular weight is 370 g/mol. The number of fused-ring (bicyclic) bond motifs is 1. The van der Waals surface area contributed by atoms with E-state index in [1.807, 2.05) is 48.7 Å². The van der Waals surface area contributed by atoms with E-state index >= 15 is 0 Å². The van der Waals surface area contributed by atoms with Gasteiger partial charge in [0.05, 0.1) is 12.8 Å². The molecule has 0 aliphatic carbocycles. The highest BCUT2D eigenvalue weighted by atomic mass is 16.5. The third-order valence-corrected chi connectivity index (χ3v) is 4.74. The van der Waals surface area contributed by atoms with E-state index in [1.54, 1.807) is 18.7 Å². The molecule has 138 valence electrons. The Labute approximate surface area is 162 Å². The molecule has 0 radical (unpaired) electrons. The molecular formula is C22H18N4O2. The van der Waals surface area contributed by atoms with Gasteiger partial charge in [0.25, 0.3) is 0 Å². The van der Waals surface area contributed by atoms with E-state index in [0.29, 0.717) is 18.3 Å². The second-order valence-electron chi connectivity index (χ2n) is 6.60. The van der Waals surface area contributed by atoms with Crippen molar-refractivity contribution in [2.45, 2.75) is 12.5 Å². The van der Waals surface area contributed by atoms with Crippen LogP contribution in [-0.2, 0) is 6.42 Å². The van der Waals surface area contributed by atoms with E-state index in [2.05, 4.69) is 21.4 Å². The normalized spacial score (nSPS) is 15.1. The summed E-state index contributed by atoms with van der Waals surface area (Å²) in [4.78, 5) is 13.3. The van der Waals surface area contributed by atoms with E-state index in [-0.39, 0.29) is 6.10 Å². The van der Waals surface area contributed by atoms with Crippen LogP contribution < -0.4 is 10.1 Å². The maximum Gasteiger partial charge on any atom is 0.223 e. The molecule has 1 aliphatic rings. The fourth-order valence-electron chi connectivity index (χ4n) is 3.38. The number of pyridine rings is 1. The third-order valence-electron chi connectivity index (χ3n) is 4.74. The van der Waals surface area contributed by atoms with E-state index in [9.17, 15) is 0 Å². The van der Waals surface area contributed by atoms with Gasteiger partial charge in [0.2, 0.25) is 5.95 Å². The minimum atomic E-state index is 0.0629. The standard InChI is InChI=1S/C22H18N4O2/c1-2-5-19-16(4-1)12-17(28-19)13-24-22-25-14-18(15-7-9-23-10-8-15)21(26-22)20-6-3-11-27-20/h1-11,14,17H,12-13H2,(H,24,25,26). The van der Waals surface area contributed by atoms with Gasteiger partial charge in [0.15, 0.2) is 5.76 Å². The molecular weight excluding hydrogens is 352 g/mol. The molecule has 6 nitrogen and oxygen atoms in total. The van der Waals surface area contributed by atoms with Crippen molar-refractivity contribution >= 4 is 5.95 Å². The lowest BCUT2D eigenvalue weighted by atomic mass is 10.1. The Morgan fingerprint density at radius 2 is 1.93 bits per heavy atom. The minimum absolute atomic E-state index is 0.0629. The summed E-state index contributed by atoms with van der Waals surface area (Å²) < 4.78 is 11.6. The molecule has 28 heavy (non-hydrogen) atoms. The van der Waals surface area contributed by atoms with Crippen molar-refractivity contribution in [1.82, 2.24) is 15.0 Å². The zero-order valence-electron chi connectivity index (χ0n) is 15.1. The molecule has 0 saturated carbocycles. The summed E-state index contributed by atoms with van der Waals surface area (Å²) >= 11 is 0. The van der Waals surface area contributed by atoms with Crippen LogP contribution in [0.3, 0.4) is 0 Å². The molecule has 6 heteroatoms. The van der Waals surface area contributed by atoms with E-state index in [1.165, 1.54) is 5.56 Å². The van der Waals surface area contributed by atoms with Crippen LogP contribution in [0.25, 0.3) is 22.6 Å². The van der Waals surface area contributed by atoms with Gasteiger partial charge in [-0.15, -0.1) is 0 Å². The van der Waals surface area contributed by atoms with Crippen molar-refractivity contribution in [3.05, 3.63) is 78.9 Å². The molecule has 1 aliphatic heterocycles. The number of rotatable bonds is 5. The Morgan fingerprint density at radius 3 is 2.75 bits per heavy atom. The molecule has 1 unspecified atom stereocenters. The smallest absolute Gasteiger partial charge is 0.223 e. The van der Waals surface area contributed by atoms with Crippen molar-refractivity contribution < 1.29 is 9.15 Å². The number of furan rings is 1. The van der Waals surface area contributed by atoms with Crippen molar-refractivity contribution in [3.63, 3.8) is 0 Å². The molecule has 1 aromatic carbocycles. The van der Waals surface area contributed by atoms with Crippen molar-refractivity contribution in [2.75, 3.05) is 11.9 Å². The third kappa shape index (κ3) is 3.20. The summed E-state index contributed by atoms with van der Waals surface area (Å²) in [6, 6.07) is 15.7. The molecule has 5 rings (SSSR count). The lowest BCUT2D eigenvalue weighted by molar-refractivity contribution is 0.246. The zero-order valence-corrected chi connectivity index (χ0v) is 15.1. The molecule has 4 aromatic rings. The first-order chi connectivity index (χ1) is 13.9. The first kappa shape index (κ1) is 16.5. The SMILES string of the molecule is c1coc(-c2nc(NCC3Cc4ccccc4O3)ncc2-c2ccncc2)c1. The van der Waals surface area contributed by atoms with Crippen LogP contribution >= 0.6 is 0 Å². The number of para-hydroxylation sites is 1. The highest BCUT2D eigenvalue weighted by Crippen LogP contribution is 2.31. The molecule has 1 atom stereocenters. The van der Waals surface area contributed by atoms with Crippen molar-refractivity contribution in [2.24, 2.45) is 0 Å². The minimum Gasteiger partial charge on any atom is -0.488 e. The average Bonchev–Trinajstić information content (AvgIpc) is 3.42. The summed E-state index contributed by atoms with van der Waals surface area (Å²) in [5.74, 6) is 2.20. The monoisotopic (exact) mass is 370 g/mol. The van der Waals surface area contributed by atoms with Gasteiger partial charge in [-0.3, -0.25) is 4.98 Å². The van der Waals surface area contributed by atoms with Crippen LogP contribution in [0, 0.1) is 0 Å². The van der Waals surface area contributed by atoms with Crippen LogP contribution in [0.2, 0.25) is 0 Å². The zero-order chi connectivity index (χ0) is 18.8. The molecule has 0 amide bonds. The predicted octanol–water partition coefficient (Wildman–Crippen LogP) is 4.21. The van der Waals surface area contributed by atoms with Gasteiger partial charge < -0.3 is 14.5 Å². The summed E-state index contributed by atoms with van der Waals surface area (Å²) in [5.41, 5.74) is 3.86. The Morgan fingerprint density at radius 1 is 1.04 bits per heavy atom. The quantitative estimate of drug-likeness (QED) is 0.567. The van der Waals surface area contributed by atoms with E-state index in [0.717, 1.165) is 29.0 Å². The topological polar surface area (TPSA) is 73.1 Å². The van der Waals surface area contributed by atoms with Gasteiger partial charge in [-0.1, -0.05) is 18.2 Å². The molecule has 0 saturated heterocycles. The lowest BCUT2D eigenvalue weighted by Gasteiger charge is -2.13. The maximum absolute atomic E-state index is 5.98. The first-order valence-electron chi connectivity index (χ1n) is 9.16. The molecule has 0 spiro atoms. The number of hydrogen-bond acceptors (Lipinski definition) is 6. The lowest BCUT2D eigenvalue weighted by Crippen LogP contribution is -2.24. The van der Waals surface area contributed by atoms with Gasteiger partial charge in [-0.2, -0.15) is 0 Å². The van der Waals surface area contributed by atoms with Crippen LogP contribution in [0.1, 0.15) is 5.56 Å². The van der Waals surface area contributed by atoms with Gasteiger partial charge in [0, 0.05) is 30.6 Å². The largest absolute Gasteiger partial charge is 0.488 e. The molecule has 0 fully saturated rings. The van der Waals surface area contributed by atoms with E-state index < -0.39 is 0 Å². The van der Waals surface area contributed by atoms with Crippen LogP contribution in [-0.4, -0.2) is 27.6 Å². The molecule has 3 aromatic heterocycles. The van der Waals surface area contributed by atoms with Crippen molar-refractivity contribution in [3.8, 4) is 28.3 Å². The fraction of sp³-hybridized carbons (Fsp3) is 0.136. The molecule has 0 bridgehead atoms. The number of benzene rings is 1. The Balaban J connectivity index is 1.38. The van der Waals surface area contributed by atoms with Gasteiger partial charge in [0.1, 0.15) is 17.5 Å². The number of hydrogen-bond donors (Lipinski definition) is 1. The second-order valence-corrected chi connectivity index (χ2v) is 6.60. The summed E-state index contributed by atoms with van der Waals surface area (Å²) in [7, 11) is 0. The number of ether oxygens (including phenoxy) is 1. The van der Waals surface area contributed by atoms with Crippen LogP contribution in [0.4, 0.5) is 5.95 Å². The van der Waals surface area contributed by atoms with E-state index in [4.69, 9.17) is 14.1 Å². The van der Waals surface area contributed by atoms with Gasteiger partial charge >= 0.3 is 0 Å². The number of aromatic nitrogens is 3. The van der Waals surface area contributed by atoms with Crippen LogP contribution in [0.5, 0.6) is 5.75 Å². The Bertz CT molecular complexity index is 1060. The molecule has 1 N–H and O–H groups in total. The molecule has 4 heterocycles. The summed E-state index contributed by atoms with van der Waals surface area (Å²) in [5, 5.41) is 3.30. The highest BCUT2D eigenvalue weighted by molar-refractivity contribution is 5.78.